The van der Waals surface area contributed by atoms with Crippen molar-refractivity contribution in [3.05, 3.63) is 36.7 Å². The van der Waals surface area contributed by atoms with Crippen molar-refractivity contribution in [2.24, 2.45) is 0 Å². The predicted octanol–water partition coefficient (Wildman–Crippen LogP) is 4.94. The van der Waals surface area contributed by atoms with Gasteiger partial charge in [0.25, 0.3) is 0 Å². The van der Waals surface area contributed by atoms with Crippen molar-refractivity contribution >= 4 is 5.97 Å². The Morgan fingerprint density at radius 2 is 1.71 bits per heavy atom. The van der Waals surface area contributed by atoms with Gasteiger partial charge in [-0.1, -0.05) is 51.2 Å². The van der Waals surface area contributed by atoms with Gasteiger partial charge in [-0.05, 0) is 38.0 Å². The van der Waals surface area contributed by atoms with Gasteiger partial charge in [-0.2, -0.15) is 0 Å². The third-order valence-corrected chi connectivity index (χ3v) is 5.03. The van der Waals surface area contributed by atoms with Crippen molar-refractivity contribution in [2.45, 2.75) is 71.2 Å². The number of nitrogens with zero attached hydrogens (tertiary/aromatic N) is 2. The zero-order valence-electron chi connectivity index (χ0n) is 18.6. The van der Waals surface area contributed by atoms with Crippen LogP contribution < -0.4 is 9.47 Å². The predicted molar refractivity (Wildman–Crippen MR) is 117 cm³/mol. The molecule has 0 aliphatic carbocycles. The number of carbonyl (C=O) groups excluding carboxylic acids is 1. The van der Waals surface area contributed by atoms with Gasteiger partial charge in [-0.3, -0.25) is 0 Å². The van der Waals surface area contributed by atoms with E-state index >= 15 is 0 Å². The minimum absolute atomic E-state index is 0.189. The molecule has 1 aromatic carbocycles. The Bertz CT molecular complexity index is 821. The van der Waals surface area contributed by atoms with Gasteiger partial charge in [-0.15, -0.1) is 0 Å². The molecule has 0 N–H and O–H groups in total. The Labute approximate surface area is 184 Å². The van der Waals surface area contributed by atoms with E-state index in [1.54, 1.807) is 38.4 Å². The lowest BCUT2D eigenvalue weighted by atomic mass is 10.1. The summed E-state index contributed by atoms with van der Waals surface area (Å²) >= 11 is 0. The summed E-state index contributed by atoms with van der Waals surface area (Å²) < 4.78 is 21.9. The highest BCUT2D eigenvalue weighted by atomic mass is 16.8. The van der Waals surface area contributed by atoms with E-state index in [9.17, 15) is 4.79 Å². The number of benzene rings is 1. The number of hydrogen-bond acceptors (Lipinski definition) is 7. The first-order valence-corrected chi connectivity index (χ1v) is 11.1. The quantitative estimate of drug-likeness (QED) is 0.285. The lowest BCUT2D eigenvalue weighted by Gasteiger charge is -2.16. The van der Waals surface area contributed by atoms with Gasteiger partial charge in [-0.25, -0.2) is 14.8 Å². The fourth-order valence-corrected chi connectivity index (χ4v) is 3.29. The minimum Gasteiger partial charge on any atom is -0.463 e. The molecule has 0 amide bonds. The average molecular weight is 429 g/mol. The van der Waals surface area contributed by atoms with E-state index in [2.05, 4.69) is 16.9 Å². The topological polar surface area (TPSA) is 79.8 Å². The molecule has 1 aliphatic heterocycles. The molecule has 1 unspecified atom stereocenters. The Balaban J connectivity index is 1.44. The molecule has 2 heterocycles. The van der Waals surface area contributed by atoms with Gasteiger partial charge in [0.05, 0.1) is 13.2 Å². The summed E-state index contributed by atoms with van der Waals surface area (Å²) in [4.78, 5) is 20.8. The first-order valence-electron chi connectivity index (χ1n) is 11.1. The summed E-state index contributed by atoms with van der Waals surface area (Å²) in [7, 11) is 0. The number of rotatable bonds is 11. The number of ether oxygens (including phenoxy) is 4. The molecule has 1 atom stereocenters. The Morgan fingerprint density at radius 1 is 1.03 bits per heavy atom. The molecule has 1 fully saturated rings. The van der Waals surface area contributed by atoms with Crippen LogP contribution in [0.1, 0.15) is 59.3 Å². The number of unbranched alkanes of at least 4 members (excludes halogenated alkanes) is 5. The largest absolute Gasteiger partial charge is 0.463 e. The zero-order chi connectivity index (χ0) is 22.1. The van der Waals surface area contributed by atoms with E-state index in [1.807, 2.05) is 12.1 Å². The zero-order valence-corrected chi connectivity index (χ0v) is 18.6. The van der Waals surface area contributed by atoms with E-state index in [1.165, 1.54) is 32.1 Å². The van der Waals surface area contributed by atoms with Gasteiger partial charge in [0.2, 0.25) is 0 Å². The lowest BCUT2D eigenvalue weighted by Crippen LogP contribution is -2.30. The maximum atomic E-state index is 12.2. The minimum atomic E-state index is -0.766. The van der Waals surface area contributed by atoms with Gasteiger partial charge < -0.3 is 18.9 Å². The SMILES string of the molecule is CCCCCCCCOc1ncc(-c2ccc(OC(=O)C3COC(C)(C)O3)cc2)cn1. The Hall–Kier alpha value is -2.51. The van der Waals surface area contributed by atoms with E-state index in [0.29, 0.717) is 18.4 Å². The van der Waals surface area contributed by atoms with E-state index in [4.69, 9.17) is 18.9 Å². The molecule has 0 spiro atoms. The highest BCUT2D eigenvalue weighted by molar-refractivity contribution is 5.78. The van der Waals surface area contributed by atoms with Crippen LogP contribution in [0.5, 0.6) is 11.8 Å². The highest BCUT2D eigenvalue weighted by Gasteiger charge is 2.38. The second-order valence-electron chi connectivity index (χ2n) is 8.13. The summed E-state index contributed by atoms with van der Waals surface area (Å²) in [6.45, 7) is 6.58. The van der Waals surface area contributed by atoms with Crippen molar-refractivity contribution in [3.8, 4) is 22.9 Å². The first kappa shape index (κ1) is 23.2. The number of aromatic nitrogens is 2. The maximum Gasteiger partial charge on any atom is 0.343 e. The smallest absolute Gasteiger partial charge is 0.343 e. The van der Waals surface area contributed by atoms with Crippen LogP contribution in [0, 0.1) is 0 Å². The molecule has 0 bridgehead atoms. The molecule has 3 rings (SSSR count). The third-order valence-electron chi connectivity index (χ3n) is 5.03. The summed E-state index contributed by atoms with van der Waals surface area (Å²) in [5, 5.41) is 0. The standard InChI is InChI=1S/C24H32N2O5/c1-4-5-6-7-8-9-14-28-23-25-15-19(16-26-23)18-10-12-20(13-11-18)30-22(27)21-17-29-24(2,3)31-21/h10-13,15-16,21H,4-9,14,17H2,1-3H3. The van der Waals surface area contributed by atoms with Crippen LogP contribution in [0.25, 0.3) is 11.1 Å². The van der Waals surface area contributed by atoms with E-state index < -0.39 is 17.9 Å². The number of carbonyl (C=O) groups is 1. The van der Waals surface area contributed by atoms with Crippen molar-refractivity contribution in [1.29, 1.82) is 0 Å². The van der Waals surface area contributed by atoms with Gasteiger partial charge >= 0.3 is 12.0 Å². The molecule has 1 saturated heterocycles. The molecule has 7 nitrogen and oxygen atoms in total. The Morgan fingerprint density at radius 3 is 2.35 bits per heavy atom. The monoisotopic (exact) mass is 428 g/mol. The van der Waals surface area contributed by atoms with Gasteiger partial charge in [0.15, 0.2) is 11.9 Å². The Kier molecular flexibility index (Phi) is 8.37. The molecule has 31 heavy (non-hydrogen) atoms. The van der Waals surface area contributed by atoms with E-state index in [-0.39, 0.29) is 6.61 Å². The summed E-state index contributed by atoms with van der Waals surface area (Å²) in [5.74, 6) is -0.784. The van der Waals surface area contributed by atoms with Crippen molar-refractivity contribution in [3.63, 3.8) is 0 Å². The highest BCUT2D eigenvalue weighted by Crippen LogP contribution is 2.25. The maximum absolute atomic E-state index is 12.2. The molecule has 0 saturated carbocycles. The normalized spacial score (nSPS) is 17.5. The molecule has 1 aliphatic rings. The van der Waals surface area contributed by atoms with Crippen LogP contribution in [0.2, 0.25) is 0 Å². The third kappa shape index (κ3) is 7.29. The number of hydrogen-bond donors (Lipinski definition) is 0. The van der Waals surface area contributed by atoms with Gasteiger partial charge in [0, 0.05) is 18.0 Å². The number of esters is 1. The molecular formula is C24H32N2O5. The van der Waals surface area contributed by atoms with E-state index in [0.717, 1.165) is 17.5 Å². The van der Waals surface area contributed by atoms with Crippen molar-refractivity contribution in [1.82, 2.24) is 9.97 Å². The summed E-state index contributed by atoms with van der Waals surface area (Å²) in [5.41, 5.74) is 1.78. The van der Waals surface area contributed by atoms with Crippen LogP contribution in [-0.2, 0) is 14.3 Å². The average Bonchev–Trinajstić information content (AvgIpc) is 3.14. The molecule has 7 heteroatoms. The lowest BCUT2D eigenvalue weighted by molar-refractivity contribution is -0.162. The van der Waals surface area contributed by atoms with Crippen molar-refractivity contribution in [2.75, 3.05) is 13.2 Å². The molecule has 0 radical (unpaired) electrons. The second-order valence-corrected chi connectivity index (χ2v) is 8.13. The van der Waals surface area contributed by atoms with Crippen LogP contribution in [-0.4, -0.2) is 41.0 Å². The van der Waals surface area contributed by atoms with Gasteiger partial charge in [0.1, 0.15) is 5.75 Å². The fraction of sp³-hybridized carbons (Fsp3) is 0.542. The molecule has 1 aromatic heterocycles. The molecular weight excluding hydrogens is 396 g/mol. The summed E-state index contributed by atoms with van der Waals surface area (Å²) in [6.07, 6.45) is 10.0. The second kappa shape index (κ2) is 11.2. The van der Waals surface area contributed by atoms with Crippen LogP contribution in [0.15, 0.2) is 36.7 Å². The van der Waals surface area contributed by atoms with Crippen LogP contribution in [0.4, 0.5) is 0 Å². The molecule has 168 valence electrons. The fourth-order valence-electron chi connectivity index (χ4n) is 3.29. The van der Waals surface area contributed by atoms with Crippen LogP contribution >= 0.6 is 0 Å². The van der Waals surface area contributed by atoms with Crippen LogP contribution in [0.3, 0.4) is 0 Å². The first-order chi connectivity index (χ1) is 15.0. The summed E-state index contributed by atoms with van der Waals surface area (Å²) in [6, 6.07) is 7.57. The molecule has 2 aromatic rings. The van der Waals surface area contributed by atoms with Crippen molar-refractivity contribution < 1.29 is 23.7 Å².